The molecule has 0 fully saturated rings. The van der Waals surface area contributed by atoms with E-state index >= 15 is 0 Å². The smallest absolute Gasteiger partial charge is 0.217 e. The Morgan fingerprint density at radius 3 is 2.68 bits per heavy atom. The van der Waals surface area contributed by atoms with Gasteiger partial charge in [0.25, 0.3) is 0 Å². The summed E-state index contributed by atoms with van der Waals surface area (Å²) in [6, 6.07) is 4.78. The molecular formula is C12H12BrNO3S2. The minimum Gasteiger partial charge on any atom is -0.497 e. The van der Waals surface area contributed by atoms with Crippen LogP contribution in [0.2, 0.25) is 0 Å². The van der Waals surface area contributed by atoms with E-state index < -0.39 is 9.84 Å². The van der Waals surface area contributed by atoms with Gasteiger partial charge in [0.2, 0.25) is 9.84 Å². The van der Waals surface area contributed by atoms with Gasteiger partial charge in [0.15, 0.2) is 0 Å². The molecule has 19 heavy (non-hydrogen) atoms. The second-order valence-electron chi connectivity index (χ2n) is 3.76. The van der Waals surface area contributed by atoms with Crippen LogP contribution in [0.25, 0.3) is 0 Å². The van der Waals surface area contributed by atoms with Gasteiger partial charge in [-0.15, -0.1) is 11.3 Å². The fourth-order valence-electron chi connectivity index (χ4n) is 1.51. The Morgan fingerprint density at radius 1 is 1.37 bits per heavy atom. The van der Waals surface area contributed by atoms with E-state index in [1.54, 1.807) is 12.1 Å². The fourth-order valence-corrected chi connectivity index (χ4v) is 4.71. The van der Waals surface area contributed by atoms with Crippen LogP contribution in [-0.2, 0) is 16.3 Å². The molecule has 0 aliphatic heterocycles. The molecule has 0 amide bonds. The zero-order valence-electron chi connectivity index (χ0n) is 10.4. The van der Waals surface area contributed by atoms with Crippen molar-refractivity contribution in [2.45, 2.75) is 22.4 Å². The molecule has 0 saturated carbocycles. The van der Waals surface area contributed by atoms with Crippen molar-refractivity contribution in [2.75, 3.05) is 7.11 Å². The molecule has 1 aromatic heterocycles. The average molecular weight is 362 g/mol. The van der Waals surface area contributed by atoms with Crippen LogP contribution in [0.3, 0.4) is 0 Å². The maximum absolute atomic E-state index is 12.5. The molecule has 1 heterocycles. The second-order valence-corrected chi connectivity index (χ2v) is 7.96. The molecule has 1 aromatic carbocycles. The van der Waals surface area contributed by atoms with Crippen LogP contribution in [0.1, 0.15) is 11.9 Å². The molecule has 0 N–H and O–H groups in total. The molecule has 7 heteroatoms. The van der Waals surface area contributed by atoms with E-state index in [1.165, 1.54) is 30.7 Å². The molecule has 0 radical (unpaired) electrons. The third-order valence-electron chi connectivity index (χ3n) is 2.49. The van der Waals surface area contributed by atoms with Crippen molar-refractivity contribution in [3.8, 4) is 5.75 Å². The van der Waals surface area contributed by atoms with Gasteiger partial charge in [0.1, 0.15) is 9.96 Å². The molecule has 0 aliphatic rings. The van der Waals surface area contributed by atoms with Crippen LogP contribution in [0, 0.1) is 0 Å². The minimum atomic E-state index is -3.54. The Bertz CT molecular complexity index is 695. The van der Waals surface area contributed by atoms with E-state index in [-0.39, 0.29) is 9.10 Å². The summed E-state index contributed by atoms with van der Waals surface area (Å²) >= 11 is 4.48. The molecule has 0 unspecified atom stereocenters. The van der Waals surface area contributed by atoms with Crippen molar-refractivity contribution in [2.24, 2.45) is 0 Å². The lowest BCUT2D eigenvalue weighted by atomic mass is 10.3. The molecule has 0 saturated heterocycles. The number of methoxy groups -OCH3 is 1. The van der Waals surface area contributed by atoms with E-state index in [4.69, 9.17) is 4.74 Å². The van der Waals surface area contributed by atoms with E-state index in [2.05, 4.69) is 20.9 Å². The maximum atomic E-state index is 12.5. The Balaban J connectivity index is 2.52. The topological polar surface area (TPSA) is 56.3 Å². The van der Waals surface area contributed by atoms with Crippen LogP contribution in [0.4, 0.5) is 0 Å². The molecule has 0 spiro atoms. The normalized spacial score (nSPS) is 11.5. The Kier molecular flexibility index (Phi) is 4.27. The highest BCUT2D eigenvalue weighted by Gasteiger charge is 2.22. The number of halogens is 1. The van der Waals surface area contributed by atoms with Gasteiger partial charge in [-0.25, -0.2) is 13.4 Å². The molecule has 4 nitrogen and oxygen atoms in total. The average Bonchev–Trinajstić information content (AvgIpc) is 2.87. The molecule has 2 rings (SSSR count). The van der Waals surface area contributed by atoms with Crippen LogP contribution < -0.4 is 4.74 Å². The van der Waals surface area contributed by atoms with Gasteiger partial charge in [-0.05, 0) is 24.6 Å². The molecule has 2 aromatic rings. The fraction of sp³-hybridized carbons (Fsp3) is 0.250. The van der Waals surface area contributed by atoms with Gasteiger partial charge < -0.3 is 4.74 Å². The van der Waals surface area contributed by atoms with Crippen molar-refractivity contribution >= 4 is 37.1 Å². The van der Waals surface area contributed by atoms with Gasteiger partial charge in [-0.3, -0.25) is 0 Å². The van der Waals surface area contributed by atoms with Crippen molar-refractivity contribution in [1.29, 1.82) is 0 Å². The lowest BCUT2D eigenvalue weighted by molar-refractivity contribution is 0.413. The summed E-state index contributed by atoms with van der Waals surface area (Å²) in [7, 11) is -2.04. The Labute approximate surface area is 124 Å². The van der Waals surface area contributed by atoms with E-state index in [1.807, 2.05) is 6.92 Å². The summed E-state index contributed by atoms with van der Waals surface area (Å²) in [5, 5.41) is 0.806. The number of ether oxygens (including phenoxy) is 1. The first-order chi connectivity index (χ1) is 8.97. The minimum absolute atomic E-state index is 0.199. The third-order valence-corrected chi connectivity index (χ3v) is 6.28. The first-order valence-corrected chi connectivity index (χ1v) is 8.61. The van der Waals surface area contributed by atoms with Crippen LogP contribution in [-0.4, -0.2) is 20.5 Å². The number of hydrogen-bond donors (Lipinski definition) is 0. The number of thiazole rings is 1. The number of benzene rings is 1. The van der Waals surface area contributed by atoms with E-state index in [0.717, 1.165) is 11.4 Å². The summed E-state index contributed by atoms with van der Waals surface area (Å²) < 4.78 is 31.0. The molecule has 0 aliphatic carbocycles. The van der Waals surface area contributed by atoms with Crippen molar-refractivity contribution < 1.29 is 13.2 Å². The number of rotatable bonds is 4. The van der Waals surface area contributed by atoms with E-state index in [9.17, 15) is 8.42 Å². The molecule has 102 valence electrons. The van der Waals surface area contributed by atoms with E-state index in [0.29, 0.717) is 10.2 Å². The monoisotopic (exact) mass is 361 g/mol. The first kappa shape index (κ1) is 14.5. The lowest BCUT2D eigenvalue weighted by Gasteiger charge is -2.05. The van der Waals surface area contributed by atoms with Gasteiger partial charge in [-0.1, -0.05) is 22.9 Å². The zero-order valence-corrected chi connectivity index (χ0v) is 13.6. The van der Waals surface area contributed by atoms with Gasteiger partial charge in [0.05, 0.1) is 23.2 Å². The van der Waals surface area contributed by atoms with Gasteiger partial charge >= 0.3 is 0 Å². The highest BCUT2D eigenvalue weighted by atomic mass is 79.9. The Morgan fingerprint density at radius 2 is 2.11 bits per heavy atom. The summed E-state index contributed by atoms with van der Waals surface area (Å²) in [6.45, 7) is 1.94. The number of aryl methyl sites for hydroxylation is 1. The Hall–Kier alpha value is -0.920. The SMILES string of the molecule is CCc1ncc(S(=O)(=O)c2cc(Br)cc(OC)c2)s1. The summed E-state index contributed by atoms with van der Waals surface area (Å²) in [5.74, 6) is 0.494. The largest absolute Gasteiger partial charge is 0.497 e. The third kappa shape index (κ3) is 2.98. The lowest BCUT2D eigenvalue weighted by Crippen LogP contribution is -2.00. The number of hydrogen-bond acceptors (Lipinski definition) is 5. The molecule has 0 atom stereocenters. The highest BCUT2D eigenvalue weighted by molar-refractivity contribution is 9.10. The summed E-state index contributed by atoms with van der Waals surface area (Å²) in [6.07, 6.45) is 2.13. The summed E-state index contributed by atoms with van der Waals surface area (Å²) in [5.41, 5.74) is 0. The van der Waals surface area contributed by atoms with Gasteiger partial charge in [0, 0.05) is 4.47 Å². The second kappa shape index (κ2) is 5.60. The maximum Gasteiger partial charge on any atom is 0.217 e. The zero-order chi connectivity index (χ0) is 14.0. The predicted octanol–water partition coefficient (Wildman–Crippen LogP) is 3.31. The highest BCUT2D eigenvalue weighted by Crippen LogP contribution is 2.31. The number of aromatic nitrogens is 1. The van der Waals surface area contributed by atoms with Crippen LogP contribution in [0.15, 0.2) is 38.0 Å². The predicted molar refractivity (Wildman–Crippen MR) is 77.6 cm³/mol. The summed E-state index contributed by atoms with van der Waals surface area (Å²) in [4.78, 5) is 4.29. The standard InChI is InChI=1S/C12H12BrNO3S2/c1-3-11-14-7-12(18-11)19(15,16)10-5-8(13)4-9(6-10)17-2/h4-7H,3H2,1-2H3. The van der Waals surface area contributed by atoms with Crippen molar-refractivity contribution in [1.82, 2.24) is 4.98 Å². The molecule has 0 bridgehead atoms. The van der Waals surface area contributed by atoms with Crippen molar-refractivity contribution in [3.63, 3.8) is 0 Å². The quantitative estimate of drug-likeness (QED) is 0.837. The van der Waals surface area contributed by atoms with Crippen LogP contribution in [0.5, 0.6) is 5.75 Å². The van der Waals surface area contributed by atoms with Gasteiger partial charge in [-0.2, -0.15) is 0 Å². The number of sulfone groups is 1. The first-order valence-electron chi connectivity index (χ1n) is 5.51. The molecular weight excluding hydrogens is 350 g/mol. The van der Waals surface area contributed by atoms with Crippen molar-refractivity contribution in [3.05, 3.63) is 33.9 Å². The van der Waals surface area contributed by atoms with Crippen LogP contribution >= 0.6 is 27.3 Å². The number of nitrogens with zero attached hydrogens (tertiary/aromatic N) is 1.